The first kappa shape index (κ1) is 17.7. The average molecular weight is 339 g/mol. The van der Waals surface area contributed by atoms with Gasteiger partial charge in [0.15, 0.2) is 9.84 Å². The third-order valence-corrected chi connectivity index (χ3v) is 5.89. The van der Waals surface area contributed by atoms with E-state index in [-0.39, 0.29) is 6.54 Å². The predicted molar refractivity (Wildman–Crippen MR) is 91.0 cm³/mol. The zero-order chi connectivity index (χ0) is 17.0. The number of nitrogens with one attached hydrogen (secondary N) is 1. The van der Waals surface area contributed by atoms with Gasteiger partial charge in [-0.25, -0.2) is 13.4 Å². The van der Waals surface area contributed by atoms with Crippen LogP contribution in [0.5, 0.6) is 0 Å². The first-order valence-corrected chi connectivity index (χ1v) is 9.89. The van der Waals surface area contributed by atoms with Gasteiger partial charge in [0.05, 0.1) is 0 Å². The Kier molecular flexibility index (Phi) is 5.62. The van der Waals surface area contributed by atoms with Crippen molar-refractivity contribution in [1.82, 2.24) is 10.3 Å². The van der Waals surface area contributed by atoms with Crippen molar-refractivity contribution in [2.24, 2.45) is 5.92 Å². The van der Waals surface area contributed by atoms with Gasteiger partial charge in [-0.1, -0.05) is 13.0 Å². The van der Waals surface area contributed by atoms with Gasteiger partial charge in [-0.3, -0.25) is 4.79 Å². The lowest BCUT2D eigenvalue weighted by molar-refractivity contribution is -0.120. The van der Waals surface area contributed by atoms with Crippen molar-refractivity contribution in [2.45, 2.75) is 38.5 Å². The van der Waals surface area contributed by atoms with Crippen molar-refractivity contribution in [1.29, 1.82) is 0 Å². The topological polar surface area (TPSA) is 79.4 Å². The number of nitrogens with zero attached hydrogens (tertiary/aromatic N) is 2. The number of amides is 1. The van der Waals surface area contributed by atoms with Gasteiger partial charge in [-0.05, 0) is 37.3 Å². The van der Waals surface area contributed by atoms with Gasteiger partial charge in [-0.2, -0.15) is 0 Å². The molecular formula is C16H25N3O3S. The van der Waals surface area contributed by atoms with Gasteiger partial charge in [-0.15, -0.1) is 0 Å². The summed E-state index contributed by atoms with van der Waals surface area (Å²) in [6.07, 6.45) is 5.16. The Balaban J connectivity index is 1.89. The minimum absolute atomic E-state index is 0.281. The highest BCUT2D eigenvalue weighted by Gasteiger charge is 2.23. The van der Waals surface area contributed by atoms with E-state index < -0.39 is 21.0 Å². The fourth-order valence-electron chi connectivity index (χ4n) is 2.47. The van der Waals surface area contributed by atoms with Crippen LogP contribution in [0.4, 0.5) is 5.82 Å². The van der Waals surface area contributed by atoms with E-state index in [4.69, 9.17) is 0 Å². The minimum Gasteiger partial charge on any atom is -0.357 e. The Morgan fingerprint density at radius 2 is 2.04 bits per heavy atom. The molecule has 23 heavy (non-hydrogen) atoms. The maximum Gasteiger partial charge on any atom is 0.238 e. The van der Waals surface area contributed by atoms with Crippen LogP contribution in [0.25, 0.3) is 0 Å². The second-order valence-electron chi connectivity index (χ2n) is 6.38. The van der Waals surface area contributed by atoms with Gasteiger partial charge in [0.1, 0.15) is 11.1 Å². The number of pyridine rings is 1. The van der Waals surface area contributed by atoms with Crippen LogP contribution in [0.2, 0.25) is 0 Å². The predicted octanol–water partition coefficient (Wildman–Crippen LogP) is 1.37. The highest BCUT2D eigenvalue weighted by molar-refractivity contribution is 7.92. The molecule has 1 aromatic rings. The molecule has 2 rings (SSSR count). The zero-order valence-corrected chi connectivity index (χ0v) is 14.8. The van der Waals surface area contributed by atoms with Crippen LogP contribution in [0.1, 0.15) is 32.3 Å². The monoisotopic (exact) mass is 339 g/mol. The van der Waals surface area contributed by atoms with E-state index >= 15 is 0 Å². The van der Waals surface area contributed by atoms with Crippen LogP contribution >= 0.6 is 0 Å². The van der Waals surface area contributed by atoms with E-state index in [0.29, 0.717) is 0 Å². The van der Waals surface area contributed by atoms with E-state index in [2.05, 4.69) is 22.1 Å². The highest BCUT2D eigenvalue weighted by atomic mass is 32.2. The van der Waals surface area contributed by atoms with Crippen molar-refractivity contribution >= 4 is 21.6 Å². The van der Waals surface area contributed by atoms with E-state index in [1.165, 1.54) is 19.8 Å². The Morgan fingerprint density at radius 1 is 1.39 bits per heavy atom. The van der Waals surface area contributed by atoms with Gasteiger partial charge >= 0.3 is 0 Å². The number of hydrogen-bond acceptors (Lipinski definition) is 5. The van der Waals surface area contributed by atoms with Crippen LogP contribution in [-0.2, 0) is 21.2 Å². The molecule has 1 saturated heterocycles. The van der Waals surface area contributed by atoms with Crippen molar-refractivity contribution in [3.8, 4) is 0 Å². The fraction of sp³-hybridized carbons (Fsp3) is 0.625. The molecule has 0 aromatic carbocycles. The molecule has 128 valence electrons. The second kappa shape index (κ2) is 7.29. The minimum atomic E-state index is -3.37. The number of sulfone groups is 1. The standard InChI is InChI=1S/C16H25N3O3S/c1-12-6-8-19(9-7-12)15-5-4-14(10-17-15)11-18-16(20)13(2)23(3,21)22/h4-5,10,12-13H,6-9,11H2,1-3H3,(H,18,20)/t13-/m0/s1. The molecule has 0 bridgehead atoms. The molecule has 0 radical (unpaired) electrons. The van der Waals surface area contributed by atoms with E-state index in [1.54, 1.807) is 6.20 Å². The smallest absolute Gasteiger partial charge is 0.238 e. The Morgan fingerprint density at radius 3 is 2.57 bits per heavy atom. The number of carbonyl (C=O) groups excluding carboxylic acids is 1. The molecule has 2 heterocycles. The van der Waals surface area contributed by atoms with Crippen LogP contribution in [0, 0.1) is 5.92 Å². The number of carbonyl (C=O) groups is 1. The fourth-order valence-corrected chi connectivity index (χ4v) is 2.95. The molecule has 6 nitrogen and oxygen atoms in total. The van der Waals surface area contributed by atoms with Crippen molar-refractivity contribution in [3.05, 3.63) is 23.9 Å². The number of piperidine rings is 1. The van der Waals surface area contributed by atoms with Crippen LogP contribution in [0.15, 0.2) is 18.3 Å². The largest absolute Gasteiger partial charge is 0.357 e. The van der Waals surface area contributed by atoms with Gasteiger partial charge < -0.3 is 10.2 Å². The number of aromatic nitrogens is 1. The SMILES string of the molecule is CC1CCN(c2ccc(CNC(=O)[C@H](C)S(C)(=O)=O)cn2)CC1. The quantitative estimate of drug-likeness (QED) is 0.876. The summed E-state index contributed by atoms with van der Waals surface area (Å²) >= 11 is 0. The molecule has 1 N–H and O–H groups in total. The first-order valence-electron chi connectivity index (χ1n) is 7.94. The summed E-state index contributed by atoms with van der Waals surface area (Å²) in [7, 11) is -3.37. The highest BCUT2D eigenvalue weighted by Crippen LogP contribution is 2.21. The molecule has 0 aliphatic carbocycles. The molecule has 1 aliphatic heterocycles. The Bertz CT molecular complexity index is 635. The summed E-state index contributed by atoms with van der Waals surface area (Å²) in [6, 6.07) is 3.88. The number of anilines is 1. The number of rotatable bonds is 5. The Hall–Kier alpha value is -1.63. The van der Waals surface area contributed by atoms with Gasteiger partial charge in [0.25, 0.3) is 0 Å². The molecule has 1 aromatic heterocycles. The third-order valence-electron chi connectivity index (χ3n) is 4.39. The number of hydrogen-bond donors (Lipinski definition) is 1. The molecule has 1 aliphatic rings. The maximum absolute atomic E-state index is 11.8. The lowest BCUT2D eigenvalue weighted by Crippen LogP contribution is -2.37. The van der Waals surface area contributed by atoms with Crippen LogP contribution in [0.3, 0.4) is 0 Å². The van der Waals surface area contributed by atoms with Crippen molar-refractivity contribution < 1.29 is 13.2 Å². The second-order valence-corrected chi connectivity index (χ2v) is 8.75. The van der Waals surface area contributed by atoms with E-state index in [1.807, 2.05) is 12.1 Å². The van der Waals surface area contributed by atoms with Crippen molar-refractivity contribution in [2.75, 3.05) is 24.2 Å². The Labute approximate surface area is 138 Å². The summed E-state index contributed by atoms with van der Waals surface area (Å²) in [5, 5.41) is 1.60. The summed E-state index contributed by atoms with van der Waals surface area (Å²) in [6.45, 7) is 5.99. The molecule has 1 fully saturated rings. The summed E-state index contributed by atoms with van der Waals surface area (Å²) < 4.78 is 22.7. The molecule has 7 heteroatoms. The molecular weight excluding hydrogens is 314 g/mol. The summed E-state index contributed by atoms with van der Waals surface area (Å²) in [5.41, 5.74) is 0.855. The van der Waals surface area contributed by atoms with Crippen LogP contribution < -0.4 is 10.2 Å². The van der Waals surface area contributed by atoms with Gasteiger partial charge in [0, 0.05) is 32.1 Å². The van der Waals surface area contributed by atoms with Gasteiger partial charge in [0.2, 0.25) is 5.91 Å². The molecule has 0 spiro atoms. The summed E-state index contributed by atoms with van der Waals surface area (Å²) in [5.74, 6) is 1.25. The first-order chi connectivity index (χ1) is 10.8. The molecule has 1 amide bonds. The average Bonchev–Trinajstić information content (AvgIpc) is 2.52. The lowest BCUT2D eigenvalue weighted by Gasteiger charge is -2.31. The molecule has 0 unspecified atom stereocenters. The van der Waals surface area contributed by atoms with E-state index in [9.17, 15) is 13.2 Å². The zero-order valence-electron chi connectivity index (χ0n) is 13.9. The van der Waals surface area contributed by atoms with E-state index in [0.717, 1.165) is 36.6 Å². The molecule has 1 atom stereocenters. The summed E-state index contributed by atoms with van der Waals surface area (Å²) in [4.78, 5) is 18.5. The third kappa shape index (κ3) is 4.92. The lowest BCUT2D eigenvalue weighted by atomic mass is 9.99. The van der Waals surface area contributed by atoms with Crippen molar-refractivity contribution in [3.63, 3.8) is 0 Å². The van der Waals surface area contributed by atoms with Crippen LogP contribution in [-0.4, -0.2) is 43.9 Å². The molecule has 0 saturated carbocycles. The maximum atomic E-state index is 11.8. The normalized spacial score (nSPS) is 17.8.